The lowest BCUT2D eigenvalue weighted by Gasteiger charge is -2.40. The molecule has 3 rings (SSSR count). The fraction of sp³-hybridized carbons (Fsp3) is 0.632. The quantitative estimate of drug-likeness (QED) is 0.538. The van der Waals surface area contributed by atoms with E-state index in [1.807, 2.05) is 6.07 Å². The van der Waals surface area contributed by atoms with Gasteiger partial charge in [0, 0.05) is 18.4 Å². The van der Waals surface area contributed by atoms with Crippen molar-refractivity contribution < 1.29 is 14.6 Å². The minimum atomic E-state index is -1.61. The number of hydrogen-bond acceptors (Lipinski definition) is 3. The molecular weight excluding hydrogens is 397 g/mol. The topological polar surface area (TPSA) is 58.6 Å². The van der Waals surface area contributed by atoms with Crippen molar-refractivity contribution in [2.45, 2.75) is 59.8 Å². The Labute approximate surface area is 169 Å². The molecule has 7 heteroatoms. The maximum Gasteiger partial charge on any atom is 0.407 e. The average Bonchev–Trinajstić information content (AvgIpc) is 3.16. The Morgan fingerprint density at radius 3 is 2.62 bits per heavy atom. The molecule has 0 bridgehead atoms. The van der Waals surface area contributed by atoms with E-state index in [9.17, 15) is 9.90 Å². The molecule has 1 saturated carbocycles. The number of carbonyl (C=O) groups is 1. The maximum absolute atomic E-state index is 11.6. The third-order valence-electron chi connectivity index (χ3n) is 5.77. The third-order valence-corrected chi connectivity index (χ3v) is 6.09. The molecule has 4 nitrogen and oxygen atoms in total. The van der Waals surface area contributed by atoms with E-state index in [1.165, 1.54) is 11.1 Å². The van der Waals surface area contributed by atoms with Gasteiger partial charge in [0.05, 0.1) is 5.60 Å². The van der Waals surface area contributed by atoms with E-state index >= 15 is 0 Å². The number of alkyl carbamates (subject to hydrolysis) is 1. The fourth-order valence-corrected chi connectivity index (χ4v) is 4.85. The van der Waals surface area contributed by atoms with Crippen LogP contribution in [0.4, 0.5) is 4.79 Å². The van der Waals surface area contributed by atoms with Gasteiger partial charge in [-0.3, -0.25) is 0 Å². The Morgan fingerprint density at radius 2 is 1.92 bits per heavy atom. The Bertz CT molecular complexity index is 656. The normalized spacial score (nSPS) is 23.8. The molecule has 0 heterocycles. The highest BCUT2D eigenvalue weighted by molar-refractivity contribution is 6.67. The first-order chi connectivity index (χ1) is 12.3. The minimum Gasteiger partial charge on any atom is -0.445 e. The molecule has 26 heavy (non-hydrogen) atoms. The van der Waals surface area contributed by atoms with E-state index in [2.05, 4.69) is 23.5 Å². The van der Waals surface area contributed by atoms with Crippen LogP contribution in [0.2, 0.25) is 0 Å². The number of benzene rings is 1. The van der Waals surface area contributed by atoms with Gasteiger partial charge >= 0.3 is 6.09 Å². The molecule has 1 aromatic carbocycles. The smallest absolute Gasteiger partial charge is 0.407 e. The molecule has 1 aromatic rings. The number of nitrogens with one attached hydrogen (secondary N) is 1. The molecule has 2 N–H and O–H groups in total. The lowest BCUT2D eigenvalue weighted by molar-refractivity contribution is -0.0341. The van der Waals surface area contributed by atoms with Gasteiger partial charge in [-0.15, -0.1) is 0 Å². The summed E-state index contributed by atoms with van der Waals surface area (Å²) in [7, 11) is 0. The molecule has 1 unspecified atom stereocenters. The van der Waals surface area contributed by atoms with E-state index in [4.69, 9.17) is 39.5 Å². The highest BCUT2D eigenvalue weighted by Gasteiger charge is 2.56. The second-order valence-electron chi connectivity index (χ2n) is 7.38. The van der Waals surface area contributed by atoms with E-state index in [1.54, 1.807) is 0 Å². The van der Waals surface area contributed by atoms with Crippen LogP contribution >= 0.6 is 34.8 Å². The van der Waals surface area contributed by atoms with Crippen molar-refractivity contribution in [3.05, 3.63) is 35.4 Å². The summed E-state index contributed by atoms with van der Waals surface area (Å²) in [5.74, 6) is 0. The standard InChI is InChI=1S/C19H24Cl3NO3/c20-19(21,22)13-26-16(24)23-11-5-10-18(25)12-14-6-1-2-7-15(14)17(18)8-3-4-9-17/h1-2,6-7,25H,3-5,8-13H2,(H,23,24). The molecular formula is C19H24Cl3NO3. The van der Waals surface area contributed by atoms with Crippen LogP contribution in [0, 0.1) is 0 Å². The second-order valence-corrected chi connectivity index (χ2v) is 9.89. The van der Waals surface area contributed by atoms with Crippen molar-refractivity contribution >= 4 is 40.9 Å². The van der Waals surface area contributed by atoms with Gasteiger partial charge < -0.3 is 15.2 Å². The largest absolute Gasteiger partial charge is 0.445 e. The highest BCUT2D eigenvalue weighted by atomic mass is 35.6. The number of alkyl halides is 3. The number of ether oxygens (including phenoxy) is 1. The Morgan fingerprint density at radius 1 is 1.23 bits per heavy atom. The minimum absolute atomic E-state index is 0.139. The Hall–Kier alpha value is -0.680. The first-order valence-corrected chi connectivity index (χ1v) is 10.2. The molecule has 1 fully saturated rings. The van der Waals surface area contributed by atoms with Crippen LogP contribution in [0.15, 0.2) is 24.3 Å². The zero-order valence-electron chi connectivity index (χ0n) is 14.6. The zero-order valence-corrected chi connectivity index (χ0v) is 16.8. The van der Waals surface area contributed by atoms with Gasteiger partial charge in [-0.05, 0) is 36.8 Å². The van der Waals surface area contributed by atoms with Crippen molar-refractivity contribution in [1.29, 1.82) is 0 Å². The lowest BCUT2D eigenvalue weighted by Crippen LogP contribution is -2.47. The molecule has 2 aliphatic carbocycles. The number of aliphatic hydroxyl groups is 1. The number of carbonyl (C=O) groups excluding carboxylic acids is 1. The molecule has 0 aliphatic heterocycles. The van der Waals surface area contributed by atoms with Crippen LogP contribution in [-0.4, -0.2) is 33.7 Å². The van der Waals surface area contributed by atoms with Crippen molar-refractivity contribution in [2.24, 2.45) is 0 Å². The summed E-state index contributed by atoms with van der Waals surface area (Å²) in [6.45, 7) is 0.110. The SMILES string of the molecule is O=C(NCCCC1(O)Cc2ccccc2C12CCCC2)OCC(Cl)(Cl)Cl. The Balaban J connectivity index is 1.55. The number of hydrogen-bond donors (Lipinski definition) is 2. The van der Waals surface area contributed by atoms with Crippen molar-refractivity contribution in [3.8, 4) is 0 Å². The van der Waals surface area contributed by atoms with Crippen LogP contribution in [0.25, 0.3) is 0 Å². The average molecular weight is 421 g/mol. The van der Waals surface area contributed by atoms with E-state index in [0.29, 0.717) is 25.8 Å². The van der Waals surface area contributed by atoms with Crippen molar-refractivity contribution in [2.75, 3.05) is 13.2 Å². The van der Waals surface area contributed by atoms with E-state index in [-0.39, 0.29) is 12.0 Å². The predicted molar refractivity (Wildman–Crippen MR) is 104 cm³/mol. The first-order valence-electron chi connectivity index (χ1n) is 9.04. The van der Waals surface area contributed by atoms with Crippen LogP contribution in [0.5, 0.6) is 0 Å². The van der Waals surface area contributed by atoms with Gasteiger partial charge in [0.25, 0.3) is 0 Å². The van der Waals surface area contributed by atoms with Gasteiger partial charge in [0.1, 0.15) is 6.61 Å². The van der Waals surface area contributed by atoms with Gasteiger partial charge in [0.15, 0.2) is 0 Å². The number of fused-ring (bicyclic) bond motifs is 2. The van der Waals surface area contributed by atoms with Gasteiger partial charge in [0.2, 0.25) is 3.79 Å². The van der Waals surface area contributed by atoms with Crippen molar-refractivity contribution in [1.82, 2.24) is 5.32 Å². The molecule has 0 saturated heterocycles. The summed E-state index contributed by atoms with van der Waals surface area (Å²) in [5, 5.41) is 14.2. The van der Waals surface area contributed by atoms with Crippen LogP contribution < -0.4 is 5.32 Å². The molecule has 0 radical (unpaired) electrons. The molecule has 1 amide bonds. The lowest BCUT2D eigenvalue weighted by atomic mass is 9.68. The fourth-order valence-electron chi connectivity index (χ4n) is 4.69. The maximum atomic E-state index is 11.6. The summed E-state index contributed by atoms with van der Waals surface area (Å²) in [6.07, 6.45) is 5.71. The van der Waals surface area contributed by atoms with Gasteiger partial charge in [-0.1, -0.05) is 71.9 Å². The number of rotatable bonds is 5. The molecule has 2 aliphatic rings. The highest BCUT2D eigenvalue weighted by Crippen LogP contribution is 2.56. The summed E-state index contributed by atoms with van der Waals surface area (Å²) < 4.78 is 3.23. The van der Waals surface area contributed by atoms with Crippen molar-refractivity contribution in [3.63, 3.8) is 0 Å². The van der Waals surface area contributed by atoms with Gasteiger partial charge in [-0.2, -0.15) is 0 Å². The van der Waals surface area contributed by atoms with Crippen LogP contribution in [0.1, 0.15) is 49.7 Å². The summed E-state index contributed by atoms with van der Waals surface area (Å²) in [5.41, 5.74) is 1.68. The summed E-state index contributed by atoms with van der Waals surface area (Å²) in [4.78, 5) is 11.6. The molecule has 0 aromatic heterocycles. The van der Waals surface area contributed by atoms with Gasteiger partial charge in [-0.25, -0.2) is 4.79 Å². The van der Waals surface area contributed by atoms with E-state index < -0.39 is 15.5 Å². The summed E-state index contributed by atoms with van der Waals surface area (Å²) >= 11 is 16.6. The zero-order chi connectivity index (χ0) is 18.8. The molecule has 144 valence electrons. The van der Waals surface area contributed by atoms with Crippen LogP contribution in [-0.2, 0) is 16.6 Å². The molecule has 1 spiro atoms. The predicted octanol–water partition coefficient (Wildman–Crippen LogP) is 4.66. The molecule has 1 atom stereocenters. The number of halogens is 3. The summed E-state index contributed by atoms with van der Waals surface area (Å²) in [6, 6.07) is 8.40. The monoisotopic (exact) mass is 419 g/mol. The van der Waals surface area contributed by atoms with Crippen LogP contribution in [0.3, 0.4) is 0 Å². The second kappa shape index (κ2) is 7.75. The first kappa shape index (κ1) is 20.1. The van der Waals surface area contributed by atoms with E-state index in [0.717, 1.165) is 25.7 Å². The third kappa shape index (κ3) is 4.09. The number of amides is 1. The Kier molecular flexibility index (Phi) is 5.98.